The van der Waals surface area contributed by atoms with Gasteiger partial charge >= 0.3 is 0 Å². The summed E-state index contributed by atoms with van der Waals surface area (Å²) in [6.07, 6.45) is 1.98. The highest BCUT2D eigenvalue weighted by atomic mass is 16.5. The van der Waals surface area contributed by atoms with E-state index in [0.29, 0.717) is 49.7 Å². The van der Waals surface area contributed by atoms with E-state index in [1.165, 1.54) is 5.56 Å². The van der Waals surface area contributed by atoms with Crippen molar-refractivity contribution >= 4 is 5.78 Å². The standard InChI is InChI=1S/C23H30O4/c1-5-17-12-15-21(25-6-2)18(16-17)13-14-20(24)19-10-9-11-22(26-7-3)23(19)27-8-4/h9-12,15-16H,5-8,13-14H2,1-4H3. The minimum Gasteiger partial charge on any atom is -0.494 e. The minimum absolute atomic E-state index is 0.0457. The number of ether oxygens (including phenoxy) is 3. The van der Waals surface area contributed by atoms with Crippen molar-refractivity contribution in [1.29, 1.82) is 0 Å². The Bertz CT molecular complexity index is 752. The summed E-state index contributed by atoms with van der Waals surface area (Å²) in [4.78, 5) is 12.9. The van der Waals surface area contributed by atoms with E-state index in [0.717, 1.165) is 17.7 Å². The van der Waals surface area contributed by atoms with Gasteiger partial charge in [-0.3, -0.25) is 4.79 Å². The molecule has 0 amide bonds. The quantitative estimate of drug-likeness (QED) is 0.506. The van der Waals surface area contributed by atoms with E-state index in [9.17, 15) is 4.79 Å². The zero-order valence-corrected chi connectivity index (χ0v) is 16.8. The lowest BCUT2D eigenvalue weighted by molar-refractivity contribution is 0.0978. The number of Topliss-reactive ketones (excluding diaryl/α,β-unsaturated/α-hetero) is 1. The third-order valence-corrected chi connectivity index (χ3v) is 4.32. The number of ketones is 1. The molecule has 0 unspecified atom stereocenters. The average molecular weight is 370 g/mol. The zero-order valence-electron chi connectivity index (χ0n) is 16.8. The molecule has 0 aliphatic heterocycles. The monoisotopic (exact) mass is 370 g/mol. The van der Waals surface area contributed by atoms with E-state index < -0.39 is 0 Å². The molecule has 0 heterocycles. The molecule has 146 valence electrons. The number of benzene rings is 2. The maximum atomic E-state index is 12.9. The Balaban J connectivity index is 2.22. The smallest absolute Gasteiger partial charge is 0.171 e. The van der Waals surface area contributed by atoms with E-state index in [2.05, 4.69) is 19.1 Å². The van der Waals surface area contributed by atoms with Crippen LogP contribution in [0.4, 0.5) is 0 Å². The molecule has 4 heteroatoms. The molecule has 0 radical (unpaired) electrons. The van der Waals surface area contributed by atoms with Gasteiger partial charge in [0, 0.05) is 6.42 Å². The Kier molecular flexibility index (Phi) is 8.18. The fourth-order valence-corrected chi connectivity index (χ4v) is 3.03. The number of hydrogen-bond acceptors (Lipinski definition) is 4. The SMILES string of the molecule is CCOc1ccc(CC)cc1CCC(=O)c1cccc(OCC)c1OCC. The summed E-state index contributed by atoms with van der Waals surface area (Å²) in [7, 11) is 0. The Morgan fingerprint density at radius 1 is 0.852 bits per heavy atom. The molecule has 0 aromatic heterocycles. The lowest BCUT2D eigenvalue weighted by Crippen LogP contribution is -2.08. The highest BCUT2D eigenvalue weighted by molar-refractivity contribution is 5.99. The zero-order chi connectivity index (χ0) is 19.6. The Hall–Kier alpha value is -2.49. The number of hydrogen-bond donors (Lipinski definition) is 0. The first-order chi connectivity index (χ1) is 13.1. The van der Waals surface area contributed by atoms with Gasteiger partial charge in [-0.2, -0.15) is 0 Å². The van der Waals surface area contributed by atoms with Crippen LogP contribution >= 0.6 is 0 Å². The molecule has 4 nitrogen and oxygen atoms in total. The summed E-state index contributed by atoms with van der Waals surface area (Å²) in [6, 6.07) is 11.7. The fraction of sp³-hybridized carbons (Fsp3) is 0.435. The first-order valence-electron chi connectivity index (χ1n) is 9.80. The van der Waals surface area contributed by atoms with Crippen LogP contribution in [0.25, 0.3) is 0 Å². The highest BCUT2D eigenvalue weighted by Crippen LogP contribution is 2.33. The predicted molar refractivity (Wildman–Crippen MR) is 108 cm³/mol. The molecule has 0 aliphatic carbocycles. The van der Waals surface area contributed by atoms with Crippen LogP contribution in [0.5, 0.6) is 17.2 Å². The summed E-state index contributed by atoms with van der Waals surface area (Å²) in [5.74, 6) is 2.06. The van der Waals surface area contributed by atoms with Crippen LogP contribution in [-0.2, 0) is 12.8 Å². The molecule has 0 saturated heterocycles. The van der Waals surface area contributed by atoms with Gasteiger partial charge in [-0.1, -0.05) is 25.1 Å². The summed E-state index contributed by atoms with van der Waals surface area (Å²) in [6.45, 7) is 9.53. The van der Waals surface area contributed by atoms with Crippen LogP contribution in [0.1, 0.15) is 55.6 Å². The molecule has 0 bridgehead atoms. The second-order valence-corrected chi connectivity index (χ2v) is 6.15. The van der Waals surface area contributed by atoms with Crippen molar-refractivity contribution in [2.24, 2.45) is 0 Å². The van der Waals surface area contributed by atoms with Crippen molar-refractivity contribution in [3.63, 3.8) is 0 Å². The molecule has 27 heavy (non-hydrogen) atoms. The third-order valence-electron chi connectivity index (χ3n) is 4.32. The van der Waals surface area contributed by atoms with E-state index in [4.69, 9.17) is 14.2 Å². The average Bonchev–Trinajstić information content (AvgIpc) is 2.68. The maximum absolute atomic E-state index is 12.9. The van der Waals surface area contributed by atoms with Gasteiger partial charge in [0.15, 0.2) is 17.3 Å². The van der Waals surface area contributed by atoms with Gasteiger partial charge < -0.3 is 14.2 Å². The Morgan fingerprint density at radius 2 is 1.56 bits per heavy atom. The predicted octanol–water partition coefficient (Wildman–Crippen LogP) is 5.26. The van der Waals surface area contributed by atoms with Gasteiger partial charge in [0.2, 0.25) is 0 Å². The van der Waals surface area contributed by atoms with Gasteiger partial charge in [0.05, 0.1) is 25.4 Å². The van der Waals surface area contributed by atoms with E-state index >= 15 is 0 Å². The van der Waals surface area contributed by atoms with E-state index in [-0.39, 0.29) is 5.78 Å². The normalized spacial score (nSPS) is 10.5. The third kappa shape index (κ3) is 5.49. The van der Waals surface area contributed by atoms with Gasteiger partial charge in [-0.25, -0.2) is 0 Å². The summed E-state index contributed by atoms with van der Waals surface area (Å²) >= 11 is 0. The summed E-state index contributed by atoms with van der Waals surface area (Å²) in [5, 5.41) is 0. The van der Waals surface area contributed by atoms with Crippen LogP contribution in [0.3, 0.4) is 0 Å². The molecule has 0 N–H and O–H groups in total. The number of carbonyl (C=O) groups excluding carboxylic acids is 1. The summed E-state index contributed by atoms with van der Waals surface area (Å²) < 4.78 is 17.1. The van der Waals surface area contributed by atoms with E-state index in [1.807, 2.05) is 45.0 Å². The Labute approximate surface area is 162 Å². The van der Waals surface area contributed by atoms with Gasteiger partial charge in [0.25, 0.3) is 0 Å². The first kappa shape index (κ1) is 20.8. The van der Waals surface area contributed by atoms with Crippen molar-refractivity contribution in [3.8, 4) is 17.2 Å². The molecular formula is C23H30O4. The second kappa shape index (κ2) is 10.6. The van der Waals surface area contributed by atoms with E-state index in [1.54, 1.807) is 0 Å². The summed E-state index contributed by atoms with van der Waals surface area (Å²) in [5.41, 5.74) is 2.89. The van der Waals surface area contributed by atoms with Crippen molar-refractivity contribution < 1.29 is 19.0 Å². The number of para-hydroxylation sites is 1. The van der Waals surface area contributed by atoms with Crippen LogP contribution in [-0.4, -0.2) is 25.6 Å². The second-order valence-electron chi connectivity index (χ2n) is 6.15. The number of aryl methyl sites for hydroxylation is 2. The first-order valence-corrected chi connectivity index (χ1v) is 9.80. The number of carbonyl (C=O) groups is 1. The lowest BCUT2D eigenvalue weighted by Gasteiger charge is -2.15. The van der Waals surface area contributed by atoms with Crippen molar-refractivity contribution in [1.82, 2.24) is 0 Å². The fourth-order valence-electron chi connectivity index (χ4n) is 3.03. The molecule has 2 rings (SSSR count). The topological polar surface area (TPSA) is 44.8 Å². The number of rotatable bonds is 11. The van der Waals surface area contributed by atoms with Crippen molar-refractivity contribution in [2.45, 2.75) is 47.0 Å². The van der Waals surface area contributed by atoms with Crippen LogP contribution in [0.2, 0.25) is 0 Å². The van der Waals surface area contributed by atoms with Gasteiger partial charge in [-0.15, -0.1) is 0 Å². The maximum Gasteiger partial charge on any atom is 0.171 e. The van der Waals surface area contributed by atoms with Gasteiger partial charge in [-0.05, 0) is 62.9 Å². The minimum atomic E-state index is 0.0457. The molecular weight excluding hydrogens is 340 g/mol. The molecule has 0 aliphatic rings. The van der Waals surface area contributed by atoms with Crippen LogP contribution in [0, 0.1) is 0 Å². The van der Waals surface area contributed by atoms with Crippen LogP contribution < -0.4 is 14.2 Å². The molecule has 0 fully saturated rings. The molecule has 0 saturated carbocycles. The molecule has 2 aromatic rings. The molecule has 0 atom stereocenters. The molecule has 2 aromatic carbocycles. The Morgan fingerprint density at radius 3 is 2.22 bits per heavy atom. The highest BCUT2D eigenvalue weighted by Gasteiger charge is 2.18. The lowest BCUT2D eigenvalue weighted by atomic mass is 9.99. The van der Waals surface area contributed by atoms with Crippen LogP contribution in [0.15, 0.2) is 36.4 Å². The molecule has 0 spiro atoms. The van der Waals surface area contributed by atoms with Crippen molar-refractivity contribution in [3.05, 3.63) is 53.1 Å². The largest absolute Gasteiger partial charge is 0.494 e. The van der Waals surface area contributed by atoms with Gasteiger partial charge in [0.1, 0.15) is 5.75 Å². The van der Waals surface area contributed by atoms with Crippen molar-refractivity contribution in [2.75, 3.05) is 19.8 Å².